The van der Waals surface area contributed by atoms with Gasteiger partial charge in [0.2, 0.25) is 5.91 Å². The number of piperidine rings is 1. The molecule has 0 aliphatic carbocycles. The first kappa shape index (κ1) is 13.4. The number of carbonyl (C=O) groups excluding carboxylic acids is 1. The predicted molar refractivity (Wildman–Crippen MR) is 74.8 cm³/mol. The van der Waals surface area contributed by atoms with Gasteiger partial charge in [-0.2, -0.15) is 0 Å². The van der Waals surface area contributed by atoms with Crippen molar-refractivity contribution in [3.8, 4) is 5.75 Å². The minimum absolute atomic E-state index is 0.300. The van der Waals surface area contributed by atoms with Gasteiger partial charge in [-0.05, 0) is 52.9 Å². The first-order valence-corrected chi connectivity index (χ1v) is 7.10. The Morgan fingerprint density at radius 3 is 2.89 bits per heavy atom. The van der Waals surface area contributed by atoms with Crippen LogP contribution in [0.5, 0.6) is 5.75 Å². The molecule has 18 heavy (non-hydrogen) atoms. The molecule has 0 aromatic heterocycles. The van der Waals surface area contributed by atoms with Crippen molar-refractivity contribution in [1.82, 2.24) is 4.90 Å². The monoisotopic (exact) mass is 311 g/mol. The molecule has 98 valence electrons. The van der Waals surface area contributed by atoms with Crippen LogP contribution in [0.15, 0.2) is 22.7 Å². The predicted octanol–water partition coefficient (Wildman–Crippen LogP) is 3.01. The summed E-state index contributed by atoms with van der Waals surface area (Å²) in [5.41, 5.74) is 1.22. The van der Waals surface area contributed by atoms with Crippen LogP contribution in [-0.2, 0) is 11.2 Å². The highest BCUT2D eigenvalue weighted by molar-refractivity contribution is 9.10. The largest absolute Gasteiger partial charge is 0.496 e. The molecule has 0 radical (unpaired) electrons. The van der Waals surface area contributed by atoms with Crippen molar-refractivity contribution in [1.29, 1.82) is 0 Å². The number of benzene rings is 1. The molecule has 0 bridgehead atoms. The molecule has 0 N–H and O–H groups in total. The highest BCUT2D eigenvalue weighted by atomic mass is 79.9. The molecule has 1 aromatic rings. The molecule has 1 heterocycles. The van der Waals surface area contributed by atoms with E-state index in [-0.39, 0.29) is 0 Å². The fourth-order valence-electron chi connectivity index (χ4n) is 2.23. The Hall–Kier alpha value is -1.03. The van der Waals surface area contributed by atoms with Gasteiger partial charge in [-0.15, -0.1) is 0 Å². The number of carbonyl (C=O) groups is 1. The maximum atomic E-state index is 11.7. The van der Waals surface area contributed by atoms with Gasteiger partial charge in [0.25, 0.3) is 0 Å². The molecule has 0 saturated carbocycles. The number of rotatable bonds is 4. The van der Waals surface area contributed by atoms with Crippen LogP contribution in [-0.4, -0.2) is 31.0 Å². The number of halogens is 1. The third-order valence-electron chi connectivity index (χ3n) is 3.31. The molecule has 2 rings (SSSR count). The Morgan fingerprint density at radius 2 is 2.22 bits per heavy atom. The van der Waals surface area contributed by atoms with Crippen molar-refractivity contribution >= 4 is 21.8 Å². The molecule has 1 aliphatic rings. The summed E-state index contributed by atoms with van der Waals surface area (Å²) in [6.45, 7) is 1.73. The van der Waals surface area contributed by atoms with E-state index in [2.05, 4.69) is 28.1 Å². The zero-order chi connectivity index (χ0) is 13.0. The van der Waals surface area contributed by atoms with E-state index in [1.807, 2.05) is 11.0 Å². The average molecular weight is 312 g/mol. The van der Waals surface area contributed by atoms with Crippen LogP contribution >= 0.6 is 15.9 Å². The molecule has 4 heteroatoms. The SMILES string of the molecule is COc1ccc(CCN2CCCCC2=O)cc1Br. The fourth-order valence-corrected chi connectivity index (χ4v) is 2.82. The van der Waals surface area contributed by atoms with Gasteiger partial charge >= 0.3 is 0 Å². The smallest absolute Gasteiger partial charge is 0.222 e. The molecule has 0 unspecified atom stereocenters. The van der Waals surface area contributed by atoms with Gasteiger partial charge in [0, 0.05) is 19.5 Å². The summed E-state index contributed by atoms with van der Waals surface area (Å²) >= 11 is 3.48. The summed E-state index contributed by atoms with van der Waals surface area (Å²) < 4.78 is 6.17. The lowest BCUT2D eigenvalue weighted by atomic mass is 10.1. The van der Waals surface area contributed by atoms with Gasteiger partial charge < -0.3 is 9.64 Å². The van der Waals surface area contributed by atoms with Crippen LogP contribution in [0.1, 0.15) is 24.8 Å². The standard InChI is InChI=1S/C14H18BrNO2/c1-18-13-6-5-11(10-12(13)15)7-9-16-8-3-2-4-14(16)17/h5-6,10H,2-4,7-9H2,1H3. The minimum atomic E-state index is 0.300. The van der Waals surface area contributed by atoms with Gasteiger partial charge in [0.05, 0.1) is 11.6 Å². The van der Waals surface area contributed by atoms with Gasteiger partial charge in [-0.1, -0.05) is 6.07 Å². The number of ether oxygens (including phenoxy) is 1. The van der Waals surface area contributed by atoms with Gasteiger partial charge in [0.1, 0.15) is 5.75 Å². The van der Waals surface area contributed by atoms with Crippen LogP contribution < -0.4 is 4.74 Å². The van der Waals surface area contributed by atoms with E-state index in [0.29, 0.717) is 12.3 Å². The Bertz CT molecular complexity index is 434. The van der Waals surface area contributed by atoms with Crippen molar-refractivity contribution in [3.63, 3.8) is 0 Å². The van der Waals surface area contributed by atoms with Crippen molar-refractivity contribution in [2.45, 2.75) is 25.7 Å². The number of methoxy groups -OCH3 is 1. The molecular formula is C14H18BrNO2. The molecule has 0 atom stereocenters. The summed E-state index contributed by atoms with van der Waals surface area (Å²) in [5, 5.41) is 0. The van der Waals surface area contributed by atoms with E-state index in [1.165, 1.54) is 5.56 Å². The van der Waals surface area contributed by atoms with E-state index in [1.54, 1.807) is 7.11 Å². The quantitative estimate of drug-likeness (QED) is 0.855. The van der Waals surface area contributed by atoms with Crippen LogP contribution in [0.4, 0.5) is 0 Å². The Kier molecular flexibility index (Phi) is 4.64. The number of hydrogen-bond acceptors (Lipinski definition) is 2. The van der Waals surface area contributed by atoms with Crippen LogP contribution in [0, 0.1) is 0 Å². The van der Waals surface area contributed by atoms with Gasteiger partial charge in [0.15, 0.2) is 0 Å². The summed E-state index contributed by atoms with van der Waals surface area (Å²) in [5.74, 6) is 1.14. The lowest BCUT2D eigenvalue weighted by Crippen LogP contribution is -2.36. The molecule has 3 nitrogen and oxygen atoms in total. The van der Waals surface area contributed by atoms with Crippen molar-refractivity contribution < 1.29 is 9.53 Å². The lowest BCUT2D eigenvalue weighted by Gasteiger charge is -2.26. The molecule has 1 amide bonds. The summed E-state index contributed by atoms with van der Waals surface area (Å²) in [4.78, 5) is 13.7. The minimum Gasteiger partial charge on any atom is -0.496 e. The third kappa shape index (κ3) is 3.25. The van der Waals surface area contributed by atoms with E-state index in [4.69, 9.17) is 4.74 Å². The lowest BCUT2D eigenvalue weighted by molar-refractivity contribution is -0.133. The van der Waals surface area contributed by atoms with Gasteiger partial charge in [-0.3, -0.25) is 4.79 Å². The normalized spacial score (nSPS) is 15.9. The second-order valence-corrected chi connectivity index (χ2v) is 5.41. The molecule has 1 aliphatic heterocycles. The number of likely N-dealkylation sites (tertiary alicyclic amines) is 1. The summed E-state index contributed by atoms with van der Waals surface area (Å²) in [6.07, 6.45) is 3.79. The van der Waals surface area contributed by atoms with Crippen LogP contribution in [0.3, 0.4) is 0 Å². The van der Waals surface area contributed by atoms with Crippen molar-refractivity contribution in [2.24, 2.45) is 0 Å². The Morgan fingerprint density at radius 1 is 1.39 bits per heavy atom. The van der Waals surface area contributed by atoms with Crippen molar-refractivity contribution in [3.05, 3.63) is 28.2 Å². The fraction of sp³-hybridized carbons (Fsp3) is 0.500. The van der Waals surface area contributed by atoms with Crippen molar-refractivity contribution in [2.75, 3.05) is 20.2 Å². The van der Waals surface area contributed by atoms with E-state index < -0.39 is 0 Å². The molecule has 1 aromatic carbocycles. The molecule has 0 spiro atoms. The average Bonchev–Trinajstić information content (AvgIpc) is 2.38. The van der Waals surface area contributed by atoms with Crippen LogP contribution in [0.2, 0.25) is 0 Å². The van der Waals surface area contributed by atoms with E-state index >= 15 is 0 Å². The second-order valence-electron chi connectivity index (χ2n) is 4.56. The first-order chi connectivity index (χ1) is 8.70. The third-order valence-corrected chi connectivity index (χ3v) is 3.93. The maximum Gasteiger partial charge on any atom is 0.222 e. The number of hydrogen-bond donors (Lipinski definition) is 0. The zero-order valence-corrected chi connectivity index (χ0v) is 12.2. The Labute approximate surface area is 116 Å². The van der Waals surface area contributed by atoms with Gasteiger partial charge in [-0.25, -0.2) is 0 Å². The highest BCUT2D eigenvalue weighted by Gasteiger charge is 2.17. The first-order valence-electron chi connectivity index (χ1n) is 6.31. The van der Waals surface area contributed by atoms with Crippen LogP contribution in [0.25, 0.3) is 0 Å². The highest BCUT2D eigenvalue weighted by Crippen LogP contribution is 2.25. The number of amides is 1. The molecular weight excluding hydrogens is 294 g/mol. The maximum absolute atomic E-state index is 11.7. The second kappa shape index (κ2) is 6.23. The summed E-state index contributed by atoms with van der Waals surface area (Å²) in [7, 11) is 1.66. The summed E-state index contributed by atoms with van der Waals surface area (Å²) in [6, 6.07) is 6.07. The molecule has 1 fully saturated rings. The molecule has 1 saturated heterocycles. The van der Waals surface area contributed by atoms with E-state index in [9.17, 15) is 4.79 Å². The number of nitrogens with zero attached hydrogens (tertiary/aromatic N) is 1. The topological polar surface area (TPSA) is 29.5 Å². The Balaban J connectivity index is 1.93. The van der Waals surface area contributed by atoms with E-state index in [0.717, 1.165) is 42.6 Å². The zero-order valence-electron chi connectivity index (χ0n) is 10.6.